The monoisotopic (exact) mass is 275 g/mol. The van der Waals surface area contributed by atoms with Crippen molar-refractivity contribution in [3.8, 4) is 0 Å². The van der Waals surface area contributed by atoms with E-state index in [1.807, 2.05) is 11.3 Å². The van der Waals surface area contributed by atoms with Crippen LogP contribution in [0, 0.1) is 0 Å². The fourth-order valence-corrected chi connectivity index (χ4v) is 4.45. The molecule has 0 saturated carbocycles. The lowest BCUT2D eigenvalue weighted by Gasteiger charge is -2.11. The standard InChI is InChI=1S/C17H25NS/c1-6-11-13(8-3)18-14(9-4)17-16(11)12(7-2)15(10-5)19-17/h6-10H2,1-5H3. The molecule has 0 aliphatic rings. The third kappa shape index (κ3) is 2.31. The van der Waals surface area contributed by atoms with E-state index < -0.39 is 0 Å². The maximum atomic E-state index is 4.94. The summed E-state index contributed by atoms with van der Waals surface area (Å²) in [7, 11) is 0. The SMILES string of the molecule is CCc1nc(CC)c2sc(CC)c(CC)c2c1CC. The van der Waals surface area contributed by atoms with Crippen LogP contribution in [0.5, 0.6) is 0 Å². The molecule has 0 aliphatic carbocycles. The number of rotatable bonds is 5. The van der Waals surface area contributed by atoms with Gasteiger partial charge in [-0.05, 0) is 43.2 Å². The Morgan fingerprint density at radius 1 is 0.737 bits per heavy atom. The zero-order valence-corrected chi connectivity index (χ0v) is 13.7. The number of thiophene rings is 1. The Balaban J connectivity index is 2.91. The number of pyridine rings is 1. The van der Waals surface area contributed by atoms with Gasteiger partial charge < -0.3 is 0 Å². The molecular weight excluding hydrogens is 250 g/mol. The van der Waals surface area contributed by atoms with Crippen LogP contribution in [0.25, 0.3) is 10.1 Å². The Morgan fingerprint density at radius 2 is 1.37 bits per heavy atom. The van der Waals surface area contributed by atoms with Crippen LogP contribution in [-0.2, 0) is 32.1 Å². The van der Waals surface area contributed by atoms with Crippen LogP contribution < -0.4 is 0 Å². The topological polar surface area (TPSA) is 12.9 Å². The fraction of sp³-hybridized carbons (Fsp3) is 0.588. The molecule has 0 N–H and O–H groups in total. The van der Waals surface area contributed by atoms with E-state index in [1.54, 1.807) is 15.8 Å². The van der Waals surface area contributed by atoms with E-state index in [-0.39, 0.29) is 0 Å². The number of hydrogen-bond acceptors (Lipinski definition) is 2. The second-order valence-corrected chi connectivity index (χ2v) is 6.06. The van der Waals surface area contributed by atoms with Gasteiger partial charge in [0.2, 0.25) is 0 Å². The molecule has 2 aromatic rings. The minimum atomic E-state index is 1.04. The summed E-state index contributed by atoms with van der Waals surface area (Å²) in [4.78, 5) is 6.51. The first kappa shape index (κ1) is 14.5. The number of fused-ring (bicyclic) bond motifs is 1. The van der Waals surface area contributed by atoms with E-state index in [9.17, 15) is 0 Å². The van der Waals surface area contributed by atoms with Crippen LogP contribution in [0.15, 0.2) is 0 Å². The van der Waals surface area contributed by atoms with Crippen LogP contribution in [0.1, 0.15) is 62.0 Å². The minimum Gasteiger partial charge on any atom is -0.256 e. The summed E-state index contributed by atoms with van der Waals surface area (Å²) >= 11 is 1.99. The molecule has 0 atom stereocenters. The van der Waals surface area contributed by atoms with Crippen LogP contribution in [0.3, 0.4) is 0 Å². The number of aromatic nitrogens is 1. The molecule has 2 heterocycles. The summed E-state index contributed by atoms with van der Waals surface area (Å²) in [5.41, 5.74) is 5.72. The van der Waals surface area contributed by atoms with Crippen molar-refractivity contribution in [3.63, 3.8) is 0 Å². The molecule has 0 radical (unpaired) electrons. The molecule has 0 aromatic carbocycles. The Kier molecular flexibility index (Phi) is 4.62. The van der Waals surface area contributed by atoms with E-state index in [4.69, 9.17) is 4.98 Å². The van der Waals surface area contributed by atoms with Gasteiger partial charge in [-0.25, -0.2) is 0 Å². The average Bonchev–Trinajstić information content (AvgIpc) is 2.83. The van der Waals surface area contributed by atoms with Crippen molar-refractivity contribution in [2.45, 2.75) is 66.7 Å². The number of hydrogen-bond donors (Lipinski definition) is 0. The van der Waals surface area contributed by atoms with Gasteiger partial charge in [0.25, 0.3) is 0 Å². The molecule has 0 unspecified atom stereocenters. The van der Waals surface area contributed by atoms with Crippen molar-refractivity contribution in [2.24, 2.45) is 0 Å². The molecule has 2 aromatic heterocycles. The minimum absolute atomic E-state index is 1.04. The van der Waals surface area contributed by atoms with Crippen LogP contribution in [0.4, 0.5) is 0 Å². The zero-order chi connectivity index (χ0) is 14.0. The fourth-order valence-electron chi connectivity index (χ4n) is 3.03. The Hall–Kier alpha value is -0.890. The second-order valence-electron chi connectivity index (χ2n) is 4.96. The average molecular weight is 275 g/mol. The molecule has 0 bridgehead atoms. The van der Waals surface area contributed by atoms with Gasteiger partial charge >= 0.3 is 0 Å². The van der Waals surface area contributed by atoms with Gasteiger partial charge in [0.15, 0.2) is 0 Å². The van der Waals surface area contributed by atoms with Crippen molar-refractivity contribution in [1.29, 1.82) is 0 Å². The van der Waals surface area contributed by atoms with E-state index in [0.29, 0.717) is 0 Å². The highest BCUT2D eigenvalue weighted by Gasteiger charge is 2.18. The summed E-state index contributed by atoms with van der Waals surface area (Å²) in [6.07, 6.45) is 5.49. The molecule has 2 heteroatoms. The first-order chi connectivity index (χ1) is 9.21. The molecule has 0 saturated heterocycles. The first-order valence-electron chi connectivity index (χ1n) is 7.66. The summed E-state index contributed by atoms with van der Waals surface area (Å²) < 4.78 is 1.46. The van der Waals surface area contributed by atoms with E-state index in [2.05, 4.69) is 34.6 Å². The first-order valence-corrected chi connectivity index (χ1v) is 8.48. The van der Waals surface area contributed by atoms with Crippen LogP contribution >= 0.6 is 11.3 Å². The zero-order valence-electron chi connectivity index (χ0n) is 12.9. The Labute approximate surface area is 121 Å². The Morgan fingerprint density at radius 3 is 1.84 bits per heavy atom. The number of aryl methyl sites for hydroxylation is 5. The largest absolute Gasteiger partial charge is 0.256 e. The summed E-state index contributed by atoms with van der Waals surface area (Å²) in [6, 6.07) is 0. The Bertz CT molecular complexity index is 581. The maximum absolute atomic E-state index is 4.94. The smallest absolute Gasteiger partial charge is 0.0582 e. The van der Waals surface area contributed by atoms with Crippen molar-refractivity contribution in [1.82, 2.24) is 4.98 Å². The second kappa shape index (κ2) is 6.04. The molecule has 104 valence electrons. The lowest BCUT2D eigenvalue weighted by molar-refractivity contribution is 0.932. The third-order valence-corrected chi connectivity index (χ3v) is 5.40. The van der Waals surface area contributed by atoms with Crippen molar-refractivity contribution in [2.75, 3.05) is 0 Å². The highest BCUT2D eigenvalue weighted by atomic mass is 32.1. The van der Waals surface area contributed by atoms with Gasteiger partial charge in [-0.3, -0.25) is 4.98 Å². The van der Waals surface area contributed by atoms with E-state index >= 15 is 0 Å². The van der Waals surface area contributed by atoms with E-state index in [1.165, 1.54) is 21.7 Å². The predicted molar refractivity (Wildman–Crippen MR) is 86.5 cm³/mol. The molecule has 0 aliphatic heterocycles. The highest BCUT2D eigenvalue weighted by molar-refractivity contribution is 7.19. The summed E-state index contributed by atoms with van der Waals surface area (Å²) in [6.45, 7) is 11.3. The van der Waals surface area contributed by atoms with Gasteiger partial charge in [-0.1, -0.05) is 34.6 Å². The molecule has 19 heavy (non-hydrogen) atoms. The molecule has 0 spiro atoms. The molecule has 0 amide bonds. The van der Waals surface area contributed by atoms with Crippen molar-refractivity contribution in [3.05, 3.63) is 27.4 Å². The molecule has 0 fully saturated rings. The van der Waals surface area contributed by atoms with Gasteiger partial charge in [-0.2, -0.15) is 0 Å². The molecule has 1 nitrogen and oxygen atoms in total. The van der Waals surface area contributed by atoms with Crippen molar-refractivity contribution < 1.29 is 0 Å². The molecular formula is C17H25NS. The quantitative estimate of drug-likeness (QED) is 0.739. The maximum Gasteiger partial charge on any atom is 0.0582 e. The van der Waals surface area contributed by atoms with Gasteiger partial charge in [0.1, 0.15) is 0 Å². The van der Waals surface area contributed by atoms with E-state index in [0.717, 1.165) is 32.1 Å². The lowest BCUT2D eigenvalue weighted by atomic mass is 9.97. The predicted octanol–water partition coefficient (Wildman–Crippen LogP) is 5.11. The summed E-state index contributed by atoms with van der Waals surface area (Å²) in [5.74, 6) is 0. The normalized spacial score (nSPS) is 11.4. The van der Waals surface area contributed by atoms with Crippen molar-refractivity contribution >= 4 is 21.4 Å². The number of nitrogens with zero attached hydrogens (tertiary/aromatic N) is 1. The highest BCUT2D eigenvalue weighted by Crippen LogP contribution is 2.37. The van der Waals surface area contributed by atoms with Crippen LogP contribution in [0.2, 0.25) is 0 Å². The third-order valence-electron chi connectivity index (χ3n) is 3.97. The summed E-state index contributed by atoms with van der Waals surface area (Å²) in [5, 5.41) is 1.55. The van der Waals surface area contributed by atoms with Gasteiger partial charge in [-0.15, -0.1) is 11.3 Å². The lowest BCUT2D eigenvalue weighted by Crippen LogP contribution is -2.01. The van der Waals surface area contributed by atoms with Gasteiger partial charge in [0, 0.05) is 16.0 Å². The van der Waals surface area contributed by atoms with Crippen LogP contribution in [-0.4, -0.2) is 4.98 Å². The molecule has 2 rings (SSSR count). The van der Waals surface area contributed by atoms with Gasteiger partial charge in [0.05, 0.1) is 10.4 Å².